The molecule has 0 radical (unpaired) electrons. The minimum absolute atomic E-state index is 0.161. The Morgan fingerprint density at radius 2 is 1.96 bits per heavy atom. The van der Waals surface area contributed by atoms with Crippen LogP contribution < -0.4 is 10.1 Å². The van der Waals surface area contributed by atoms with Gasteiger partial charge in [0.25, 0.3) is 0 Å². The van der Waals surface area contributed by atoms with E-state index in [0.29, 0.717) is 29.5 Å². The zero-order valence-electron chi connectivity index (χ0n) is 13.7. The summed E-state index contributed by atoms with van der Waals surface area (Å²) in [6, 6.07) is 13.2. The van der Waals surface area contributed by atoms with Gasteiger partial charge in [0, 0.05) is 18.4 Å². The first-order chi connectivity index (χ1) is 12.2. The number of carbonyl (C=O) groups excluding carboxylic acids is 1. The summed E-state index contributed by atoms with van der Waals surface area (Å²) in [6.45, 7) is 0. The van der Waals surface area contributed by atoms with Crippen LogP contribution in [0.5, 0.6) is 5.75 Å². The largest absolute Gasteiger partial charge is 0.495 e. The number of hydrogen-bond donors (Lipinski definition) is 1. The van der Waals surface area contributed by atoms with Crippen LogP contribution in [-0.4, -0.2) is 18.0 Å². The van der Waals surface area contributed by atoms with E-state index in [4.69, 9.17) is 9.15 Å². The van der Waals surface area contributed by atoms with Crippen LogP contribution in [0.4, 0.5) is 10.1 Å². The highest BCUT2D eigenvalue weighted by atomic mass is 19.1. The fraction of sp³-hybridized carbons (Fsp3) is 0.158. The predicted octanol–water partition coefficient (Wildman–Crippen LogP) is 4.06. The van der Waals surface area contributed by atoms with Crippen molar-refractivity contribution in [3.05, 3.63) is 66.4 Å². The zero-order chi connectivity index (χ0) is 17.6. The van der Waals surface area contributed by atoms with Gasteiger partial charge >= 0.3 is 0 Å². The molecule has 2 aromatic carbocycles. The summed E-state index contributed by atoms with van der Waals surface area (Å²) in [4.78, 5) is 16.3. The standard InChI is InChI=1S/C19H17FN2O3/c1-24-16-5-3-2-4-15(16)22-18(23)10-11-19-21-12-17(25-19)13-6-8-14(20)9-7-13/h2-9,12H,10-11H2,1H3,(H,22,23). The average molecular weight is 340 g/mol. The van der Waals surface area contributed by atoms with Gasteiger partial charge in [0.05, 0.1) is 19.0 Å². The van der Waals surface area contributed by atoms with Crippen molar-refractivity contribution >= 4 is 11.6 Å². The maximum atomic E-state index is 13.0. The first-order valence-electron chi connectivity index (χ1n) is 7.79. The van der Waals surface area contributed by atoms with Crippen molar-refractivity contribution in [3.63, 3.8) is 0 Å². The quantitative estimate of drug-likeness (QED) is 0.735. The third kappa shape index (κ3) is 4.23. The summed E-state index contributed by atoms with van der Waals surface area (Å²) in [6.07, 6.45) is 2.16. The van der Waals surface area contributed by atoms with Gasteiger partial charge in [-0.1, -0.05) is 12.1 Å². The molecule has 0 fully saturated rings. The molecule has 1 N–H and O–H groups in total. The molecular weight excluding hydrogens is 323 g/mol. The number of para-hydroxylation sites is 2. The number of amides is 1. The fourth-order valence-electron chi connectivity index (χ4n) is 2.35. The van der Waals surface area contributed by atoms with E-state index in [-0.39, 0.29) is 18.1 Å². The van der Waals surface area contributed by atoms with E-state index in [2.05, 4.69) is 10.3 Å². The Morgan fingerprint density at radius 1 is 1.20 bits per heavy atom. The average Bonchev–Trinajstić information content (AvgIpc) is 3.10. The molecule has 0 unspecified atom stereocenters. The molecule has 0 bridgehead atoms. The van der Waals surface area contributed by atoms with E-state index in [0.717, 1.165) is 5.56 Å². The van der Waals surface area contributed by atoms with Crippen molar-refractivity contribution in [1.29, 1.82) is 0 Å². The van der Waals surface area contributed by atoms with Crippen LogP contribution in [0.25, 0.3) is 11.3 Å². The van der Waals surface area contributed by atoms with E-state index in [1.54, 1.807) is 37.6 Å². The van der Waals surface area contributed by atoms with Gasteiger partial charge in [-0.2, -0.15) is 0 Å². The van der Waals surface area contributed by atoms with Gasteiger partial charge in [-0.25, -0.2) is 9.37 Å². The molecule has 0 aliphatic heterocycles. The molecule has 1 aromatic heterocycles. The monoisotopic (exact) mass is 340 g/mol. The first-order valence-corrected chi connectivity index (χ1v) is 7.79. The van der Waals surface area contributed by atoms with Gasteiger partial charge in [-0.15, -0.1) is 0 Å². The first kappa shape index (κ1) is 16.7. The Balaban J connectivity index is 1.58. The third-order valence-corrected chi connectivity index (χ3v) is 3.63. The van der Waals surface area contributed by atoms with Gasteiger partial charge in [-0.3, -0.25) is 4.79 Å². The number of carbonyl (C=O) groups is 1. The summed E-state index contributed by atoms with van der Waals surface area (Å²) < 4.78 is 23.8. The molecule has 0 spiro atoms. The number of aromatic nitrogens is 1. The maximum Gasteiger partial charge on any atom is 0.224 e. The van der Waals surface area contributed by atoms with Crippen LogP contribution in [0.1, 0.15) is 12.3 Å². The number of anilines is 1. The molecule has 0 aliphatic carbocycles. The normalized spacial score (nSPS) is 10.5. The van der Waals surface area contributed by atoms with E-state index in [1.165, 1.54) is 12.1 Å². The lowest BCUT2D eigenvalue weighted by atomic mass is 10.2. The Bertz CT molecular complexity index is 859. The molecule has 3 rings (SSSR count). The minimum Gasteiger partial charge on any atom is -0.495 e. The lowest BCUT2D eigenvalue weighted by molar-refractivity contribution is -0.116. The number of aryl methyl sites for hydroxylation is 1. The molecule has 5 nitrogen and oxygen atoms in total. The number of oxazole rings is 1. The molecule has 0 atom stereocenters. The zero-order valence-corrected chi connectivity index (χ0v) is 13.7. The lowest BCUT2D eigenvalue weighted by Crippen LogP contribution is -2.13. The number of nitrogens with one attached hydrogen (secondary N) is 1. The van der Waals surface area contributed by atoms with Crippen LogP contribution in [0.2, 0.25) is 0 Å². The Kier molecular flexibility index (Phi) is 5.09. The van der Waals surface area contributed by atoms with Crippen molar-refractivity contribution < 1.29 is 18.3 Å². The molecule has 25 heavy (non-hydrogen) atoms. The topological polar surface area (TPSA) is 64.4 Å². The van der Waals surface area contributed by atoms with E-state index >= 15 is 0 Å². The predicted molar refractivity (Wildman–Crippen MR) is 91.8 cm³/mol. The van der Waals surface area contributed by atoms with Crippen LogP contribution in [0.15, 0.2) is 59.1 Å². The summed E-state index contributed by atoms with van der Waals surface area (Å²) in [5, 5.41) is 2.80. The van der Waals surface area contributed by atoms with E-state index in [9.17, 15) is 9.18 Å². The summed E-state index contributed by atoms with van der Waals surface area (Å²) in [5.41, 5.74) is 1.35. The van der Waals surface area contributed by atoms with Crippen LogP contribution in [-0.2, 0) is 11.2 Å². The van der Waals surface area contributed by atoms with Crippen molar-refractivity contribution in [3.8, 4) is 17.1 Å². The summed E-state index contributed by atoms with van der Waals surface area (Å²) >= 11 is 0. The molecule has 6 heteroatoms. The van der Waals surface area contributed by atoms with Crippen LogP contribution in [0, 0.1) is 5.82 Å². The fourth-order valence-corrected chi connectivity index (χ4v) is 2.35. The van der Waals surface area contributed by atoms with Gasteiger partial charge in [0.2, 0.25) is 5.91 Å². The minimum atomic E-state index is -0.309. The Hall–Kier alpha value is -3.15. The summed E-state index contributed by atoms with van der Waals surface area (Å²) in [7, 11) is 1.55. The Morgan fingerprint density at radius 3 is 2.72 bits per heavy atom. The second kappa shape index (κ2) is 7.61. The highest BCUT2D eigenvalue weighted by Crippen LogP contribution is 2.24. The molecule has 3 aromatic rings. The van der Waals surface area contributed by atoms with E-state index < -0.39 is 0 Å². The number of hydrogen-bond acceptors (Lipinski definition) is 4. The SMILES string of the molecule is COc1ccccc1NC(=O)CCc1ncc(-c2ccc(F)cc2)o1. The number of rotatable bonds is 6. The molecular formula is C19H17FN2O3. The number of halogens is 1. The molecule has 0 saturated carbocycles. The number of methoxy groups -OCH3 is 1. The lowest BCUT2D eigenvalue weighted by Gasteiger charge is -2.09. The van der Waals surface area contributed by atoms with Gasteiger partial charge < -0.3 is 14.5 Å². The van der Waals surface area contributed by atoms with Gasteiger partial charge in [-0.05, 0) is 36.4 Å². The van der Waals surface area contributed by atoms with Crippen LogP contribution >= 0.6 is 0 Å². The van der Waals surface area contributed by atoms with Crippen molar-refractivity contribution in [2.45, 2.75) is 12.8 Å². The number of ether oxygens (including phenoxy) is 1. The van der Waals surface area contributed by atoms with Gasteiger partial charge in [0.15, 0.2) is 11.7 Å². The number of benzene rings is 2. The molecule has 0 saturated heterocycles. The van der Waals surface area contributed by atoms with Crippen molar-refractivity contribution in [2.75, 3.05) is 12.4 Å². The highest BCUT2D eigenvalue weighted by molar-refractivity contribution is 5.92. The maximum absolute atomic E-state index is 13.0. The van der Waals surface area contributed by atoms with E-state index in [1.807, 2.05) is 12.1 Å². The molecule has 128 valence electrons. The van der Waals surface area contributed by atoms with Crippen molar-refractivity contribution in [1.82, 2.24) is 4.98 Å². The number of nitrogens with zero attached hydrogens (tertiary/aromatic N) is 1. The smallest absolute Gasteiger partial charge is 0.224 e. The third-order valence-electron chi connectivity index (χ3n) is 3.63. The summed E-state index contributed by atoms with van der Waals surface area (Å²) in [5.74, 6) is 1.13. The van der Waals surface area contributed by atoms with Gasteiger partial charge in [0.1, 0.15) is 11.6 Å². The van der Waals surface area contributed by atoms with Crippen molar-refractivity contribution in [2.24, 2.45) is 0 Å². The molecule has 1 heterocycles. The second-order valence-electron chi connectivity index (χ2n) is 5.37. The second-order valence-corrected chi connectivity index (χ2v) is 5.37. The molecule has 1 amide bonds. The highest BCUT2D eigenvalue weighted by Gasteiger charge is 2.11. The molecule has 0 aliphatic rings. The Labute approximate surface area is 144 Å². The van der Waals surface area contributed by atoms with Crippen LogP contribution in [0.3, 0.4) is 0 Å².